The van der Waals surface area contributed by atoms with Gasteiger partial charge in [0.25, 0.3) is 0 Å². The standard InChI is InChI=1S/C13H23NO2S/c1-10(2)8-15-4-5-16-9-12-6-13(7-14)17-11(12)3/h6,10H,4-5,7-9,14H2,1-3H3. The second-order valence-electron chi connectivity index (χ2n) is 4.52. The van der Waals surface area contributed by atoms with Crippen molar-refractivity contribution in [3.05, 3.63) is 21.4 Å². The molecule has 0 aliphatic carbocycles. The summed E-state index contributed by atoms with van der Waals surface area (Å²) in [6.45, 7) is 9.80. The van der Waals surface area contributed by atoms with Gasteiger partial charge in [-0.25, -0.2) is 0 Å². The van der Waals surface area contributed by atoms with Gasteiger partial charge in [-0.15, -0.1) is 11.3 Å². The summed E-state index contributed by atoms with van der Waals surface area (Å²) in [5, 5.41) is 0. The second-order valence-corrected chi connectivity index (χ2v) is 5.86. The summed E-state index contributed by atoms with van der Waals surface area (Å²) in [6, 6.07) is 2.13. The number of nitrogens with two attached hydrogens (primary N) is 1. The summed E-state index contributed by atoms with van der Waals surface area (Å²) < 4.78 is 11.0. The Bertz CT molecular complexity index is 323. The molecule has 1 aromatic heterocycles. The van der Waals surface area contributed by atoms with Gasteiger partial charge in [0, 0.05) is 22.9 Å². The smallest absolute Gasteiger partial charge is 0.0728 e. The van der Waals surface area contributed by atoms with Crippen LogP contribution in [0, 0.1) is 12.8 Å². The van der Waals surface area contributed by atoms with Crippen molar-refractivity contribution in [3.8, 4) is 0 Å². The minimum Gasteiger partial charge on any atom is -0.379 e. The molecule has 4 heteroatoms. The summed E-state index contributed by atoms with van der Waals surface area (Å²) >= 11 is 1.75. The molecule has 0 aliphatic heterocycles. The van der Waals surface area contributed by atoms with E-state index in [0.717, 1.165) is 6.61 Å². The van der Waals surface area contributed by atoms with Crippen molar-refractivity contribution in [1.82, 2.24) is 0 Å². The molecule has 1 rings (SSSR count). The lowest BCUT2D eigenvalue weighted by Gasteiger charge is -2.07. The van der Waals surface area contributed by atoms with E-state index >= 15 is 0 Å². The van der Waals surface area contributed by atoms with Gasteiger partial charge in [0.15, 0.2) is 0 Å². The zero-order valence-corrected chi connectivity index (χ0v) is 11.8. The summed E-state index contributed by atoms with van der Waals surface area (Å²) in [5.74, 6) is 0.584. The third kappa shape index (κ3) is 5.64. The van der Waals surface area contributed by atoms with Crippen LogP contribution in [0.2, 0.25) is 0 Å². The first-order chi connectivity index (χ1) is 8.13. The minimum atomic E-state index is 0.584. The number of hydrogen-bond donors (Lipinski definition) is 1. The maximum atomic E-state index is 5.60. The van der Waals surface area contributed by atoms with Gasteiger partial charge in [-0.2, -0.15) is 0 Å². The quantitative estimate of drug-likeness (QED) is 0.728. The van der Waals surface area contributed by atoms with E-state index in [2.05, 4.69) is 26.8 Å². The van der Waals surface area contributed by atoms with Crippen LogP contribution in [0.5, 0.6) is 0 Å². The molecule has 1 heterocycles. The molecule has 0 radical (unpaired) electrons. The zero-order valence-electron chi connectivity index (χ0n) is 11.0. The highest BCUT2D eigenvalue weighted by atomic mass is 32.1. The molecular weight excluding hydrogens is 234 g/mol. The maximum Gasteiger partial charge on any atom is 0.0728 e. The van der Waals surface area contributed by atoms with Crippen LogP contribution in [-0.4, -0.2) is 19.8 Å². The van der Waals surface area contributed by atoms with Crippen LogP contribution in [-0.2, 0) is 22.6 Å². The Labute approximate surface area is 108 Å². The number of thiophene rings is 1. The van der Waals surface area contributed by atoms with E-state index in [0.29, 0.717) is 32.3 Å². The van der Waals surface area contributed by atoms with Gasteiger partial charge >= 0.3 is 0 Å². The Hall–Kier alpha value is -0.420. The molecular formula is C13H23NO2S. The van der Waals surface area contributed by atoms with Crippen LogP contribution in [0.15, 0.2) is 6.07 Å². The predicted molar refractivity (Wildman–Crippen MR) is 72.3 cm³/mol. The third-order valence-corrected chi connectivity index (χ3v) is 3.47. The van der Waals surface area contributed by atoms with Gasteiger partial charge in [0.2, 0.25) is 0 Å². The lowest BCUT2D eigenvalue weighted by atomic mass is 10.2. The fourth-order valence-corrected chi connectivity index (χ4v) is 2.38. The minimum absolute atomic E-state index is 0.584. The molecule has 0 amide bonds. The molecule has 17 heavy (non-hydrogen) atoms. The maximum absolute atomic E-state index is 5.60. The number of hydrogen-bond acceptors (Lipinski definition) is 4. The zero-order chi connectivity index (χ0) is 12.7. The monoisotopic (exact) mass is 257 g/mol. The molecule has 0 atom stereocenters. The normalized spacial score (nSPS) is 11.4. The van der Waals surface area contributed by atoms with Crippen LogP contribution in [0.3, 0.4) is 0 Å². The van der Waals surface area contributed by atoms with Gasteiger partial charge in [-0.1, -0.05) is 13.8 Å². The van der Waals surface area contributed by atoms with Gasteiger partial charge < -0.3 is 15.2 Å². The Morgan fingerprint density at radius 2 is 2.00 bits per heavy atom. The highest BCUT2D eigenvalue weighted by Gasteiger charge is 2.04. The molecule has 3 nitrogen and oxygen atoms in total. The fourth-order valence-electron chi connectivity index (χ4n) is 1.45. The summed E-state index contributed by atoms with van der Waals surface area (Å²) in [4.78, 5) is 2.52. The van der Waals surface area contributed by atoms with E-state index in [9.17, 15) is 0 Å². The van der Waals surface area contributed by atoms with E-state index < -0.39 is 0 Å². The Balaban J connectivity index is 2.15. The van der Waals surface area contributed by atoms with Crippen molar-refractivity contribution in [2.24, 2.45) is 11.7 Å². The van der Waals surface area contributed by atoms with E-state index in [1.807, 2.05) is 0 Å². The fraction of sp³-hybridized carbons (Fsp3) is 0.692. The van der Waals surface area contributed by atoms with Crippen molar-refractivity contribution < 1.29 is 9.47 Å². The van der Waals surface area contributed by atoms with Crippen molar-refractivity contribution in [1.29, 1.82) is 0 Å². The van der Waals surface area contributed by atoms with Gasteiger partial charge in [-0.3, -0.25) is 0 Å². The largest absolute Gasteiger partial charge is 0.379 e. The van der Waals surface area contributed by atoms with Gasteiger partial charge in [0.1, 0.15) is 0 Å². The molecule has 0 fully saturated rings. The van der Waals surface area contributed by atoms with Crippen LogP contribution in [0.25, 0.3) is 0 Å². The highest BCUT2D eigenvalue weighted by Crippen LogP contribution is 2.21. The Morgan fingerprint density at radius 1 is 1.29 bits per heavy atom. The lowest BCUT2D eigenvalue weighted by molar-refractivity contribution is 0.0314. The SMILES string of the molecule is Cc1sc(CN)cc1COCCOCC(C)C. The molecule has 0 unspecified atom stereocenters. The van der Waals surface area contributed by atoms with Crippen LogP contribution >= 0.6 is 11.3 Å². The van der Waals surface area contributed by atoms with Crippen LogP contribution in [0.4, 0.5) is 0 Å². The molecule has 0 aliphatic rings. The van der Waals surface area contributed by atoms with E-state index in [1.54, 1.807) is 11.3 Å². The lowest BCUT2D eigenvalue weighted by Crippen LogP contribution is -2.08. The highest BCUT2D eigenvalue weighted by molar-refractivity contribution is 7.12. The second kappa shape index (κ2) is 7.82. The van der Waals surface area contributed by atoms with Gasteiger partial charge in [-0.05, 0) is 24.5 Å². The average molecular weight is 257 g/mol. The first-order valence-corrected chi connectivity index (χ1v) is 6.89. The molecule has 0 spiro atoms. The topological polar surface area (TPSA) is 44.5 Å². The van der Waals surface area contributed by atoms with E-state index in [-0.39, 0.29) is 0 Å². The summed E-state index contributed by atoms with van der Waals surface area (Å²) in [5.41, 5.74) is 6.85. The van der Waals surface area contributed by atoms with Crippen molar-refractivity contribution >= 4 is 11.3 Å². The molecule has 98 valence electrons. The Morgan fingerprint density at radius 3 is 2.59 bits per heavy atom. The molecule has 1 aromatic rings. The number of rotatable bonds is 8. The number of ether oxygens (including phenoxy) is 2. The molecule has 0 saturated heterocycles. The number of aryl methyl sites for hydroxylation is 1. The third-order valence-electron chi connectivity index (χ3n) is 2.35. The van der Waals surface area contributed by atoms with Crippen molar-refractivity contribution in [2.75, 3.05) is 19.8 Å². The van der Waals surface area contributed by atoms with E-state index in [1.165, 1.54) is 15.3 Å². The first kappa shape index (κ1) is 14.6. The first-order valence-electron chi connectivity index (χ1n) is 6.07. The predicted octanol–water partition coefficient (Wildman–Crippen LogP) is 2.70. The van der Waals surface area contributed by atoms with Crippen LogP contribution < -0.4 is 5.73 Å². The van der Waals surface area contributed by atoms with Gasteiger partial charge in [0.05, 0.1) is 19.8 Å². The molecule has 0 aromatic carbocycles. The van der Waals surface area contributed by atoms with E-state index in [4.69, 9.17) is 15.2 Å². The Kier molecular flexibility index (Phi) is 6.73. The molecule has 0 saturated carbocycles. The molecule has 0 bridgehead atoms. The van der Waals surface area contributed by atoms with Crippen molar-refractivity contribution in [3.63, 3.8) is 0 Å². The van der Waals surface area contributed by atoms with Crippen LogP contribution in [0.1, 0.15) is 29.2 Å². The summed E-state index contributed by atoms with van der Waals surface area (Å²) in [7, 11) is 0. The molecule has 2 N–H and O–H groups in total. The van der Waals surface area contributed by atoms with Crippen molar-refractivity contribution in [2.45, 2.75) is 33.9 Å². The summed E-state index contributed by atoms with van der Waals surface area (Å²) in [6.07, 6.45) is 0. The average Bonchev–Trinajstić information content (AvgIpc) is 2.64.